The topological polar surface area (TPSA) is 51.8 Å². The third-order valence-electron chi connectivity index (χ3n) is 10.1. The number of hydrogen-bond acceptors (Lipinski definition) is 4. The van der Waals surface area contributed by atoms with Crippen molar-refractivity contribution in [3.05, 3.63) is 200 Å². The monoisotopic (exact) mass is 703 g/mol. The molecule has 0 aliphatic rings. The molecule has 10 aromatic rings. The van der Waals surface area contributed by atoms with Crippen LogP contribution in [0.1, 0.15) is 0 Å². The summed E-state index contributed by atoms with van der Waals surface area (Å²) in [6, 6.07) is 69.5. The number of hydrogen-bond donors (Lipinski definition) is 0. The van der Waals surface area contributed by atoms with E-state index in [-0.39, 0.29) is 0 Å². The highest BCUT2D eigenvalue weighted by molar-refractivity contribution is 6.15. The molecule has 4 nitrogen and oxygen atoms in total. The summed E-state index contributed by atoms with van der Waals surface area (Å²) in [5.74, 6) is 1.79. The summed E-state index contributed by atoms with van der Waals surface area (Å²) in [5.41, 5.74) is 13.5. The Hall–Kier alpha value is -7.43. The molecule has 0 saturated carbocycles. The van der Waals surface area contributed by atoms with Crippen molar-refractivity contribution in [2.24, 2.45) is 0 Å². The van der Waals surface area contributed by atoms with E-state index in [0.29, 0.717) is 17.5 Å². The Kier molecular flexibility index (Phi) is 8.12. The Morgan fingerprint density at radius 1 is 0.291 bits per heavy atom. The molecule has 0 atom stereocenters. The third kappa shape index (κ3) is 6.16. The molecule has 0 aliphatic carbocycles. The number of benzene rings is 8. The Bertz CT molecular complexity index is 2840. The van der Waals surface area contributed by atoms with Crippen LogP contribution in [0.3, 0.4) is 0 Å². The van der Waals surface area contributed by atoms with Crippen LogP contribution in [0, 0.1) is 0 Å². The summed E-state index contributed by atoms with van der Waals surface area (Å²) in [7, 11) is 0. The molecule has 0 spiro atoms. The molecule has 0 unspecified atom stereocenters. The molecule has 0 amide bonds. The summed E-state index contributed by atoms with van der Waals surface area (Å²) in [4.78, 5) is 14.9. The van der Waals surface area contributed by atoms with Gasteiger partial charge in [-0.2, -0.15) is 0 Å². The van der Waals surface area contributed by atoms with Gasteiger partial charge in [0.15, 0.2) is 17.5 Å². The molecule has 2 heterocycles. The number of para-hydroxylation sites is 1. The van der Waals surface area contributed by atoms with Gasteiger partial charge in [-0.1, -0.05) is 164 Å². The maximum atomic E-state index is 6.74. The first-order valence-corrected chi connectivity index (χ1v) is 18.4. The lowest BCUT2D eigenvalue weighted by Crippen LogP contribution is -2.00. The van der Waals surface area contributed by atoms with Crippen LogP contribution < -0.4 is 0 Å². The van der Waals surface area contributed by atoms with Gasteiger partial charge in [0.05, 0.1) is 5.56 Å². The lowest BCUT2D eigenvalue weighted by atomic mass is 9.91. The maximum Gasteiger partial charge on any atom is 0.167 e. The van der Waals surface area contributed by atoms with Crippen molar-refractivity contribution in [3.63, 3.8) is 0 Å². The SMILES string of the molecule is c1ccc(-c2cc(-c3ccccc3)cc(-c3cccc(-c4cccc5oc6c(-c7nc(-c8ccccc8)nc(-c8ccccc8)n7)cccc6c45)c3)c2)cc1. The standard InChI is InChI=1S/C51H33N3O/c1-5-16-34(17-6-1)40-31-41(35-18-7-2-8-19-35)33-42(32-40)38-24-13-25-39(30-38)43-26-15-29-46-47(43)44-27-14-28-45(48(44)55-46)51-53-49(36-20-9-3-10-21-36)52-50(54-51)37-22-11-4-12-23-37/h1-33H. The Morgan fingerprint density at radius 3 is 1.29 bits per heavy atom. The molecule has 0 fully saturated rings. The zero-order chi connectivity index (χ0) is 36.6. The normalized spacial score (nSPS) is 11.3. The first-order valence-electron chi connectivity index (χ1n) is 18.4. The van der Waals surface area contributed by atoms with Crippen molar-refractivity contribution in [3.8, 4) is 78.7 Å². The van der Waals surface area contributed by atoms with Gasteiger partial charge in [-0.15, -0.1) is 0 Å². The molecular formula is C51H33N3O. The lowest BCUT2D eigenvalue weighted by Gasteiger charge is -2.13. The molecule has 4 heteroatoms. The van der Waals surface area contributed by atoms with Crippen molar-refractivity contribution >= 4 is 21.9 Å². The summed E-state index contributed by atoms with van der Waals surface area (Å²) in [6.07, 6.45) is 0. The molecular weight excluding hydrogens is 671 g/mol. The van der Waals surface area contributed by atoms with Gasteiger partial charge in [0.2, 0.25) is 0 Å². The number of aromatic nitrogens is 3. The fraction of sp³-hybridized carbons (Fsp3) is 0. The van der Waals surface area contributed by atoms with E-state index in [1.54, 1.807) is 0 Å². The van der Waals surface area contributed by atoms with Crippen LogP contribution >= 0.6 is 0 Å². The second kappa shape index (κ2) is 13.8. The van der Waals surface area contributed by atoms with Crippen LogP contribution in [0.2, 0.25) is 0 Å². The molecule has 0 aliphatic heterocycles. The highest BCUT2D eigenvalue weighted by atomic mass is 16.3. The largest absolute Gasteiger partial charge is 0.455 e. The summed E-state index contributed by atoms with van der Waals surface area (Å²) < 4.78 is 6.74. The smallest absolute Gasteiger partial charge is 0.167 e. The number of fused-ring (bicyclic) bond motifs is 3. The molecule has 0 radical (unpaired) electrons. The summed E-state index contributed by atoms with van der Waals surface area (Å²) >= 11 is 0. The van der Waals surface area contributed by atoms with Gasteiger partial charge in [-0.05, 0) is 80.9 Å². The van der Waals surface area contributed by atoms with E-state index in [1.165, 1.54) is 22.3 Å². The zero-order valence-electron chi connectivity index (χ0n) is 29.8. The predicted octanol–water partition coefficient (Wildman–Crippen LogP) is 13.4. The second-order valence-corrected chi connectivity index (χ2v) is 13.6. The zero-order valence-corrected chi connectivity index (χ0v) is 29.8. The first-order chi connectivity index (χ1) is 27.2. The van der Waals surface area contributed by atoms with Gasteiger partial charge in [-0.25, -0.2) is 15.0 Å². The minimum absolute atomic E-state index is 0.563. The van der Waals surface area contributed by atoms with Crippen LogP contribution in [0.25, 0.3) is 101 Å². The lowest BCUT2D eigenvalue weighted by molar-refractivity contribution is 0.669. The first kappa shape index (κ1) is 32.2. The van der Waals surface area contributed by atoms with E-state index in [1.807, 2.05) is 72.8 Å². The van der Waals surface area contributed by atoms with Gasteiger partial charge < -0.3 is 4.42 Å². The molecule has 258 valence electrons. The molecule has 10 rings (SSSR count). The minimum Gasteiger partial charge on any atom is -0.455 e. The van der Waals surface area contributed by atoms with Crippen molar-refractivity contribution in [2.45, 2.75) is 0 Å². The molecule has 55 heavy (non-hydrogen) atoms. The quantitative estimate of drug-likeness (QED) is 0.166. The van der Waals surface area contributed by atoms with E-state index >= 15 is 0 Å². The van der Waals surface area contributed by atoms with Crippen LogP contribution in [-0.4, -0.2) is 15.0 Å². The van der Waals surface area contributed by atoms with Crippen molar-refractivity contribution in [2.75, 3.05) is 0 Å². The predicted molar refractivity (Wildman–Crippen MR) is 225 cm³/mol. The summed E-state index contributed by atoms with van der Waals surface area (Å²) in [5, 5.41) is 2.06. The van der Waals surface area contributed by atoms with Gasteiger partial charge in [-0.3, -0.25) is 0 Å². The fourth-order valence-corrected chi connectivity index (χ4v) is 7.45. The number of nitrogens with zero attached hydrogens (tertiary/aromatic N) is 3. The highest BCUT2D eigenvalue weighted by Gasteiger charge is 2.20. The van der Waals surface area contributed by atoms with E-state index in [9.17, 15) is 0 Å². The average Bonchev–Trinajstić information content (AvgIpc) is 3.67. The van der Waals surface area contributed by atoms with E-state index in [2.05, 4.69) is 127 Å². The maximum absolute atomic E-state index is 6.74. The molecule has 0 saturated heterocycles. The van der Waals surface area contributed by atoms with E-state index in [0.717, 1.165) is 60.9 Å². The molecule has 0 N–H and O–H groups in total. The van der Waals surface area contributed by atoms with Gasteiger partial charge in [0.1, 0.15) is 11.2 Å². The van der Waals surface area contributed by atoms with Gasteiger partial charge >= 0.3 is 0 Å². The van der Waals surface area contributed by atoms with Crippen LogP contribution in [0.15, 0.2) is 205 Å². The average molecular weight is 704 g/mol. The van der Waals surface area contributed by atoms with E-state index in [4.69, 9.17) is 19.4 Å². The Morgan fingerprint density at radius 2 is 0.709 bits per heavy atom. The molecule has 0 bridgehead atoms. The van der Waals surface area contributed by atoms with Crippen LogP contribution in [0.5, 0.6) is 0 Å². The van der Waals surface area contributed by atoms with Crippen LogP contribution in [-0.2, 0) is 0 Å². The van der Waals surface area contributed by atoms with E-state index < -0.39 is 0 Å². The van der Waals surface area contributed by atoms with Crippen molar-refractivity contribution in [1.29, 1.82) is 0 Å². The second-order valence-electron chi connectivity index (χ2n) is 13.6. The van der Waals surface area contributed by atoms with Crippen molar-refractivity contribution in [1.82, 2.24) is 15.0 Å². The Labute approximate surface area is 319 Å². The minimum atomic E-state index is 0.563. The highest BCUT2D eigenvalue weighted by Crippen LogP contribution is 2.41. The van der Waals surface area contributed by atoms with Gasteiger partial charge in [0.25, 0.3) is 0 Å². The Balaban J connectivity index is 1.12. The number of furan rings is 1. The summed E-state index contributed by atoms with van der Waals surface area (Å²) in [6.45, 7) is 0. The third-order valence-corrected chi connectivity index (χ3v) is 10.1. The van der Waals surface area contributed by atoms with Crippen molar-refractivity contribution < 1.29 is 4.42 Å². The molecule has 2 aromatic heterocycles. The number of rotatable bonds is 7. The molecule has 8 aromatic carbocycles. The van der Waals surface area contributed by atoms with Crippen LogP contribution in [0.4, 0.5) is 0 Å². The van der Waals surface area contributed by atoms with Gasteiger partial charge in [0, 0.05) is 21.9 Å². The fourth-order valence-electron chi connectivity index (χ4n) is 7.45.